The molecule has 166 valence electrons. The number of halogens is 1. The third-order valence-electron chi connectivity index (χ3n) is 6.29. The van der Waals surface area contributed by atoms with Crippen molar-refractivity contribution in [1.29, 1.82) is 0 Å². The van der Waals surface area contributed by atoms with E-state index in [1.165, 1.54) is 18.2 Å². The molecule has 0 bridgehead atoms. The average Bonchev–Trinajstić information content (AvgIpc) is 2.65. The highest BCUT2D eigenvalue weighted by molar-refractivity contribution is 5.97. The Hall–Kier alpha value is -2.67. The minimum absolute atomic E-state index is 0.0244. The highest BCUT2D eigenvalue weighted by atomic mass is 19.1. The molecule has 1 aromatic heterocycles. The number of pyridine rings is 1. The van der Waals surface area contributed by atoms with Gasteiger partial charge in [-0.1, -0.05) is 0 Å². The number of carbonyl (C=O) groups excluding carboxylic acids is 1. The highest BCUT2D eigenvalue weighted by Crippen LogP contribution is 2.50. The topological polar surface area (TPSA) is 71.7 Å². The van der Waals surface area contributed by atoms with E-state index in [4.69, 9.17) is 10.5 Å². The van der Waals surface area contributed by atoms with Crippen LogP contribution in [0.25, 0.3) is 0 Å². The fourth-order valence-corrected chi connectivity index (χ4v) is 5.04. The Kier molecular flexibility index (Phi) is 5.64. The second-order valence-electron chi connectivity index (χ2n) is 9.51. The molecule has 1 saturated heterocycles. The number of nitrogens with zero attached hydrogens (tertiary/aromatic N) is 3. The molecule has 7 heteroatoms. The first-order valence-electron chi connectivity index (χ1n) is 10.9. The standard InChI is InChI=1S/C24H31FN4O2/c1-15(2)29(16(3)4)23(30)19-9-17(25)5-6-21(19)31-22-12-27-8-7-20(22)28-13-24(14-28)10-18(26)11-24/h5-9,12,15-16,18H,10-11,13-14,26H2,1-4H3. The molecular formula is C24H31FN4O2. The number of carbonyl (C=O) groups is 1. The van der Waals surface area contributed by atoms with Crippen LogP contribution in [0.2, 0.25) is 0 Å². The van der Waals surface area contributed by atoms with Crippen LogP contribution in [0.5, 0.6) is 11.5 Å². The van der Waals surface area contributed by atoms with Crippen LogP contribution in [0.15, 0.2) is 36.7 Å². The maximum absolute atomic E-state index is 14.1. The van der Waals surface area contributed by atoms with Gasteiger partial charge < -0.3 is 20.3 Å². The number of rotatable bonds is 6. The van der Waals surface area contributed by atoms with Gasteiger partial charge in [0.25, 0.3) is 5.91 Å². The largest absolute Gasteiger partial charge is 0.453 e. The van der Waals surface area contributed by atoms with Crippen molar-refractivity contribution in [3.8, 4) is 11.5 Å². The van der Waals surface area contributed by atoms with E-state index >= 15 is 0 Å². The number of anilines is 1. The number of nitrogens with two attached hydrogens (primary N) is 1. The zero-order valence-corrected chi connectivity index (χ0v) is 18.6. The van der Waals surface area contributed by atoms with Gasteiger partial charge in [-0.25, -0.2) is 4.39 Å². The van der Waals surface area contributed by atoms with Crippen LogP contribution in [0.3, 0.4) is 0 Å². The molecule has 1 spiro atoms. The van der Waals surface area contributed by atoms with E-state index in [0.717, 1.165) is 31.6 Å². The molecule has 2 aromatic rings. The summed E-state index contributed by atoms with van der Waals surface area (Å²) in [6, 6.07) is 6.26. The monoisotopic (exact) mass is 426 g/mol. The van der Waals surface area contributed by atoms with Gasteiger partial charge in [0.2, 0.25) is 0 Å². The summed E-state index contributed by atoms with van der Waals surface area (Å²) in [6.45, 7) is 9.66. The zero-order chi connectivity index (χ0) is 22.3. The number of ether oxygens (including phenoxy) is 1. The summed E-state index contributed by atoms with van der Waals surface area (Å²) < 4.78 is 20.3. The predicted octanol–water partition coefficient (Wildman–Crippen LogP) is 4.20. The normalized spacial score (nSPS) is 17.6. The molecule has 6 nitrogen and oxygen atoms in total. The Morgan fingerprint density at radius 2 is 1.87 bits per heavy atom. The van der Waals surface area contributed by atoms with Crippen LogP contribution in [0, 0.1) is 11.2 Å². The van der Waals surface area contributed by atoms with Crippen molar-refractivity contribution < 1.29 is 13.9 Å². The number of hydrogen-bond donors (Lipinski definition) is 1. The molecule has 0 atom stereocenters. The SMILES string of the molecule is CC(C)N(C(=O)c1cc(F)ccc1Oc1cnccc1N1CC2(CC(N)C2)C1)C(C)C. The lowest BCUT2D eigenvalue weighted by atomic mass is 9.61. The molecule has 1 aliphatic heterocycles. The molecule has 0 unspecified atom stereocenters. The second-order valence-corrected chi connectivity index (χ2v) is 9.51. The molecule has 4 rings (SSSR count). The molecule has 2 heterocycles. The Bertz CT molecular complexity index is 956. The van der Waals surface area contributed by atoms with E-state index in [1.807, 2.05) is 33.8 Å². The summed E-state index contributed by atoms with van der Waals surface area (Å²) in [5.41, 5.74) is 7.44. The van der Waals surface area contributed by atoms with E-state index in [9.17, 15) is 9.18 Å². The van der Waals surface area contributed by atoms with Gasteiger partial charge in [-0.15, -0.1) is 0 Å². The first-order chi connectivity index (χ1) is 14.7. The van der Waals surface area contributed by atoms with Crippen LogP contribution < -0.4 is 15.4 Å². The first kappa shape index (κ1) is 21.6. The number of aromatic nitrogens is 1. The Morgan fingerprint density at radius 3 is 2.48 bits per heavy atom. The zero-order valence-electron chi connectivity index (χ0n) is 18.6. The van der Waals surface area contributed by atoms with Crippen molar-refractivity contribution >= 4 is 11.6 Å². The molecule has 1 saturated carbocycles. The van der Waals surface area contributed by atoms with Crippen LogP contribution in [-0.4, -0.2) is 47.0 Å². The predicted molar refractivity (Wildman–Crippen MR) is 119 cm³/mol. The van der Waals surface area contributed by atoms with Crippen molar-refractivity contribution in [2.75, 3.05) is 18.0 Å². The molecule has 2 N–H and O–H groups in total. The van der Waals surface area contributed by atoms with Crippen LogP contribution in [-0.2, 0) is 0 Å². The van der Waals surface area contributed by atoms with Gasteiger partial charge in [0.05, 0.1) is 17.4 Å². The summed E-state index contributed by atoms with van der Waals surface area (Å²) in [5.74, 6) is 0.159. The molecule has 1 aliphatic carbocycles. The van der Waals surface area contributed by atoms with Gasteiger partial charge in [-0.3, -0.25) is 9.78 Å². The first-order valence-corrected chi connectivity index (χ1v) is 10.9. The number of benzene rings is 1. The van der Waals surface area contributed by atoms with E-state index in [1.54, 1.807) is 17.3 Å². The van der Waals surface area contributed by atoms with E-state index in [2.05, 4.69) is 9.88 Å². The fraction of sp³-hybridized carbons (Fsp3) is 0.500. The summed E-state index contributed by atoms with van der Waals surface area (Å²) in [6.07, 6.45) is 5.49. The van der Waals surface area contributed by atoms with Crippen LogP contribution >= 0.6 is 0 Å². The lowest BCUT2D eigenvalue weighted by Gasteiger charge is -2.59. The Labute approximate surface area is 183 Å². The Balaban J connectivity index is 1.60. The van der Waals surface area contributed by atoms with Crippen LogP contribution in [0.1, 0.15) is 50.9 Å². The van der Waals surface area contributed by atoms with Gasteiger partial charge in [0.1, 0.15) is 11.6 Å². The number of hydrogen-bond acceptors (Lipinski definition) is 5. The maximum atomic E-state index is 14.1. The molecule has 31 heavy (non-hydrogen) atoms. The second kappa shape index (κ2) is 8.11. The van der Waals surface area contributed by atoms with Crippen molar-refractivity contribution in [2.45, 2.75) is 58.7 Å². The third-order valence-corrected chi connectivity index (χ3v) is 6.29. The Morgan fingerprint density at radius 1 is 1.19 bits per heavy atom. The van der Waals surface area contributed by atoms with E-state index in [-0.39, 0.29) is 23.6 Å². The third kappa shape index (κ3) is 4.11. The molecule has 1 amide bonds. The lowest BCUT2D eigenvalue weighted by molar-refractivity contribution is 0.0640. The summed E-state index contributed by atoms with van der Waals surface area (Å²) in [7, 11) is 0. The van der Waals surface area contributed by atoms with Crippen molar-refractivity contribution in [1.82, 2.24) is 9.88 Å². The molecule has 1 aromatic carbocycles. The molecule has 2 fully saturated rings. The maximum Gasteiger partial charge on any atom is 0.258 e. The van der Waals surface area contributed by atoms with Crippen molar-refractivity contribution in [3.63, 3.8) is 0 Å². The average molecular weight is 427 g/mol. The lowest BCUT2D eigenvalue weighted by Crippen LogP contribution is -2.65. The molecule has 0 radical (unpaired) electrons. The summed E-state index contributed by atoms with van der Waals surface area (Å²) in [4.78, 5) is 21.5. The summed E-state index contributed by atoms with van der Waals surface area (Å²) >= 11 is 0. The fourth-order valence-electron chi connectivity index (χ4n) is 5.04. The van der Waals surface area contributed by atoms with Crippen molar-refractivity contribution in [2.24, 2.45) is 11.1 Å². The van der Waals surface area contributed by atoms with E-state index < -0.39 is 5.82 Å². The quantitative estimate of drug-likeness (QED) is 0.750. The van der Waals surface area contributed by atoms with Gasteiger partial charge in [0.15, 0.2) is 5.75 Å². The van der Waals surface area contributed by atoms with Gasteiger partial charge in [-0.2, -0.15) is 0 Å². The van der Waals surface area contributed by atoms with E-state index in [0.29, 0.717) is 23.0 Å². The van der Waals surface area contributed by atoms with Crippen molar-refractivity contribution in [3.05, 3.63) is 48.0 Å². The minimum atomic E-state index is -0.472. The van der Waals surface area contributed by atoms with Gasteiger partial charge in [0, 0.05) is 42.8 Å². The molecular weight excluding hydrogens is 395 g/mol. The number of amides is 1. The van der Waals surface area contributed by atoms with Gasteiger partial charge in [-0.05, 0) is 64.8 Å². The summed E-state index contributed by atoms with van der Waals surface area (Å²) in [5, 5.41) is 0. The highest BCUT2D eigenvalue weighted by Gasteiger charge is 2.51. The smallest absolute Gasteiger partial charge is 0.258 e. The molecule has 2 aliphatic rings. The minimum Gasteiger partial charge on any atom is -0.453 e. The van der Waals surface area contributed by atoms with Crippen LogP contribution in [0.4, 0.5) is 10.1 Å². The van der Waals surface area contributed by atoms with Gasteiger partial charge >= 0.3 is 0 Å².